The van der Waals surface area contributed by atoms with Crippen LogP contribution >= 0.6 is 0 Å². The van der Waals surface area contributed by atoms with Gasteiger partial charge >= 0.3 is 6.03 Å². The monoisotopic (exact) mass is 576 g/mol. The highest BCUT2D eigenvalue weighted by Crippen LogP contribution is 2.21. The van der Waals surface area contributed by atoms with Gasteiger partial charge in [-0.1, -0.05) is 56.3 Å². The average Bonchev–Trinajstić information content (AvgIpc) is 3.00. The Morgan fingerprint density at radius 1 is 0.786 bits per heavy atom. The Morgan fingerprint density at radius 3 is 1.98 bits per heavy atom. The van der Waals surface area contributed by atoms with Gasteiger partial charge in [0.25, 0.3) is 5.91 Å². The van der Waals surface area contributed by atoms with Crippen LogP contribution in [-0.2, 0) is 27.5 Å². The van der Waals surface area contributed by atoms with E-state index >= 15 is 0 Å². The van der Waals surface area contributed by atoms with Gasteiger partial charge in [-0.2, -0.15) is 0 Å². The van der Waals surface area contributed by atoms with Gasteiger partial charge in [-0.15, -0.1) is 0 Å². The summed E-state index contributed by atoms with van der Waals surface area (Å²) in [5.41, 5.74) is 1.12. The molecule has 0 radical (unpaired) electrons. The number of benzene rings is 3. The number of anilines is 1. The van der Waals surface area contributed by atoms with Crippen LogP contribution in [0, 0.1) is 5.41 Å². The summed E-state index contributed by atoms with van der Waals surface area (Å²) in [5.74, 6) is -0.822. The number of hydrogen-bond acceptors (Lipinski definition) is 7. The summed E-state index contributed by atoms with van der Waals surface area (Å²) >= 11 is 0. The van der Waals surface area contributed by atoms with E-state index in [9.17, 15) is 29.4 Å². The fourth-order valence-electron chi connectivity index (χ4n) is 3.60. The molecule has 0 unspecified atom stereocenters. The van der Waals surface area contributed by atoms with Gasteiger partial charge in [-0.05, 0) is 47.5 Å². The van der Waals surface area contributed by atoms with Crippen LogP contribution in [0.25, 0.3) is 0 Å². The highest BCUT2D eigenvalue weighted by atomic mass is 16.5. The molecule has 0 aliphatic rings. The Morgan fingerprint density at radius 2 is 1.36 bits per heavy atom. The fourth-order valence-corrected chi connectivity index (χ4v) is 3.60. The first-order valence-corrected chi connectivity index (χ1v) is 13.4. The van der Waals surface area contributed by atoms with E-state index in [0.29, 0.717) is 23.5 Å². The quantitative estimate of drug-likeness (QED) is 0.161. The lowest BCUT2D eigenvalue weighted by Crippen LogP contribution is -2.46. The molecule has 11 heteroatoms. The van der Waals surface area contributed by atoms with Crippen LogP contribution in [0.1, 0.15) is 31.4 Å². The van der Waals surface area contributed by atoms with Crippen molar-refractivity contribution in [1.82, 2.24) is 16.0 Å². The zero-order chi connectivity index (χ0) is 30.5. The van der Waals surface area contributed by atoms with E-state index in [1.165, 1.54) is 13.8 Å². The average molecular weight is 577 g/mol. The number of hydrogen-bond donors (Lipinski definition) is 6. The van der Waals surface area contributed by atoms with Gasteiger partial charge in [-0.25, -0.2) is 4.79 Å². The van der Waals surface area contributed by atoms with Crippen LogP contribution in [-0.4, -0.2) is 53.1 Å². The zero-order valence-corrected chi connectivity index (χ0v) is 23.6. The molecule has 6 N–H and O–H groups in total. The Bertz CT molecular complexity index is 1340. The molecule has 0 saturated heterocycles. The molecular weight excluding hydrogens is 540 g/mol. The summed E-state index contributed by atoms with van der Waals surface area (Å²) in [5, 5.41) is 29.6. The van der Waals surface area contributed by atoms with Crippen molar-refractivity contribution in [3.8, 4) is 11.5 Å². The molecular formula is C31H36N4O7. The first-order valence-electron chi connectivity index (χ1n) is 13.4. The molecule has 0 heterocycles. The van der Waals surface area contributed by atoms with Gasteiger partial charge in [0, 0.05) is 37.2 Å². The second-order valence-corrected chi connectivity index (χ2v) is 10.3. The van der Waals surface area contributed by atoms with Crippen molar-refractivity contribution < 1.29 is 34.1 Å². The van der Waals surface area contributed by atoms with Crippen molar-refractivity contribution >= 4 is 29.3 Å². The summed E-state index contributed by atoms with van der Waals surface area (Å²) < 4.78 is 5.77. The van der Waals surface area contributed by atoms with Crippen molar-refractivity contribution in [1.29, 1.82) is 0 Å². The van der Waals surface area contributed by atoms with Gasteiger partial charge in [0.2, 0.25) is 11.7 Å². The second-order valence-electron chi connectivity index (χ2n) is 10.3. The van der Waals surface area contributed by atoms with Crippen LogP contribution < -0.4 is 26.0 Å². The van der Waals surface area contributed by atoms with Gasteiger partial charge in [-0.3, -0.25) is 14.4 Å². The Balaban J connectivity index is 1.35. The fraction of sp³-hybridized carbons (Fsp3) is 0.290. The lowest BCUT2D eigenvalue weighted by atomic mass is 9.87. The second kappa shape index (κ2) is 15.3. The van der Waals surface area contributed by atoms with Gasteiger partial charge in [0.05, 0.1) is 6.61 Å². The lowest BCUT2D eigenvalue weighted by molar-refractivity contribution is -0.139. The molecule has 3 aromatic carbocycles. The molecule has 11 nitrogen and oxygen atoms in total. The predicted molar refractivity (Wildman–Crippen MR) is 157 cm³/mol. The number of amides is 4. The van der Waals surface area contributed by atoms with Crippen LogP contribution in [0.2, 0.25) is 0 Å². The smallest absolute Gasteiger partial charge is 0.319 e. The lowest BCUT2D eigenvalue weighted by Gasteiger charge is -2.27. The van der Waals surface area contributed by atoms with Crippen LogP contribution in [0.5, 0.6) is 11.5 Å². The SMILES string of the molecule is CC(C)(CO)[C@@H](O)C(=O)NCCC(=O)C(=O)NCc1ccc(NC(=O)NCc2ccc(Oc3ccccc3)cc2)cc1. The van der Waals surface area contributed by atoms with E-state index in [1.807, 2.05) is 54.6 Å². The third-order valence-corrected chi connectivity index (χ3v) is 6.32. The molecule has 222 valence electrons. The molecule has 3 aromatic rings. The van der Waals surface area contributed by atoms with Crippen molar-refractivity contribution in [2.24, 2.45) is 5.41 Å². The highest BCUT2D eigenvalue weighted by Gasteiger charge is 2.32. The molecule has 0 spiro atoms. The number of para-hydroxylation sites is 1. The van der Waals surface area contributed by atoms with Crippen LogP contribution in [0.3, 0.4) is 0 Å². The van der Waals surface area contributed by atoms with Crippen LogP contribution in [0.15, 0.2) is 78.9 Å². The maximum Gasteiger partial charge on any atom is 0.319 e. The molecule has 0 aliphatic carbocycles. The van der Waals surface area contributed by atoms with Crippen molar-refractivity contribution in [3.05, 3.63) is 90.0 Å². The summed E-state index contributed by atoms with van der Waals surface area (Å²) in [7, 11) is 0. The van der Waals surface area contributed by atoms with Crippen molar-refractivity contribution in [3.63, 3.8) is 0 Å². The van der Waals surface area contributed by atoms with E-state index in [2.05, 4.69) is 21.3 Å². The number of aliphatic hydroxyl groups excluding tert-OH is 2. The molecule has 3 rings (SSSR count). The number of carbonyl (C=O) groups excluding carboxylic acids is 4. The summed E-state index contributed by atoms with van der Waals surface area (Å²) in [6.07, 6.45) is -1.69. The molecule has 4 amide bonds. The topological polar surface area (TPSA) is 166 Å². The number of aliphatic hydroxyl groups is 2. The first kappa shape index (κ1) is 31.8. The predicted octanol–water partition coefficient (Wildman–Crippen LogP) is 2.87. The summed E-state index contributed by atoms with van der Waals surface area (Å²) in [6.45, 7) is 2.95. The number of ketones is 1. The minimum atomic E-state index is -1.45. The number of rotatable bonds is 14. The number of Topliss-reactive ketones (excluding diaryl/α,β-unsaturated/α-hetero) is 1. The van der Waals surface area contributed by atoms with E-state index in [-0.39, 0.29) is 25.5 Å². The number of nitrogens with one attached hydrogen (secondary N) is 4. The van der Waals surface area contributed by atoms with E-state index < -0.39 is 35.7 Å². The van der Waals surface area contributed by atoms with Gasteiger partial charge < -0.3 is 36.2 Å². The van der Waals surface area contributed by atoms with E-state index in [1.54, 1.807) is 24.3 Å². The van der Waals surface area contributed by atoms with Crippen molar-refractivity contribution in [2.75, 3.05) is 18.5 Å². The summed E-state index contributed by atoms with van der Waals surface area (Å²) in [4.78, 5) is 48.4. The molecule has 0 fully saturated rings. The van der Waals surface area contributed by atoms with Gasteiger partial charge in [0.15, 0.2) is 0 Å². The summed E-state index contributed by atoms with van der Waals surface area (Å²) in [6, 6.07) is 23.2. The maximum atomic E-state index is 12.3. The Kier molecular flexibility index (Phi) is 11.6. The largest absolute Gasteiger partial charge is 0.457 e. The number of ether oxygens (including phenoxy) is 1. The minimum absolute atomic E-state index is 0.0940. The first-order chi connectivity index (χ1) is 20.1. The van der Waals surface area contributed by atoms with Crippen molar-refractivity contribution in [2.45, 2.75) is 39.5 Å². The van der Waals surface area contributed by atoms with Crippen LogP contribution in [0.4, 0.5) is 10.5 Å². The molecule has 0 aliphatic heterocycles. The highest BCUT2D eigenvalue weighted by molar-refractivity contribution is 6.36. The normalized spacial score (nSPS) is 11.6. The van der Waals surface area contributed by atoms with E-state index in [0.717, 1.165) is 11.3 Å². The van der Waals surface area contributed by atoms with Gasteiger partial charge in [0.1, 0.15) is 17.6 Å². The molecule has 1 atom stereocenters. The minimum Gasteiger partial charge on any atom is -0.457 e. The third-order valence-electron chi connectivity index (χ3n) is 6.32. The molecule has 0 aromatic heterocycles. The number of carbonyl (C=O) groups is 4. The molecule has 0 saturated carbocycles. The Labute approximate surface area is 244 Å². The maximum absolute atomic E-state index is 12.3. The third kappa shape index (κ3) is 10.0. The molecule has 0 bridgehead atoms. The molecule has 42 heavy (non-hydrogen) atoms. The Hall–Kier alpha value is -4.74. The zero-order valence-electron chi connectivity index (χ0n) is 23.6. The standard InChI is InChI=1S/C31H36N4O7/c1-31(2,20-36)27(38)29(40)32-17-16-26(37)28(39)33-18-21-8-12-23(13-9-21)35-30(41)34-19-22-10-14-25(15-11-22)42-24-6-4-3-5-7-24/h3-15,27,36,38H,16-20H2,1-2H3,(H,32,40)(H,33,39)(H2,34,35,41)/t27-/m0/s1. The number of urea groups is 1. The van der Waals surface area contributed by atoms with E-state index in [4.69, 9.17) is 4.74 Å².